The molecule has 1 atom stereocenters. The molecule has 1 saturated heterocycles. The van der Waals surface area contributed by atoms with E-state index in [0.29, 0.717) is 5.15 Å². The second-order valence-electron chi connectivity index (χ2n) is 6.34. The predicted octanol–water partition coefficient (Wildman–Crippen LogP) is 3.46. The van der Waals surface area contributed by atoms with Crippen molar-refractivity contribution in [2.24, 2.45) is 0 Å². The maximum absolute atomic E-state index is 12.2. The van der Waals surface area contributed by atoms with Gasteiger partial charge in [-0.05, 0) is 52.5 Å². The summed E-state index contributed by atoms with van der Waals surface area (Å²) in [5.41, 5.74) is 0.454. The van der Waals surface area contributed by atoms with Gasteiger partial charge in [-0.3, -0.25) is 0 Å². The van der Waals surface area contributed by atoms with Crippen molar-refractivity contribution < 1.29 is 9.53 Å². The number of rotatable bonds is 3. The summed E-state index contributed by atoms with van der Waals surface area (Å²) in [6, 6.07) is 1.99. The Kier molecular flexibility index (Phi) is 5.04. The van der Waals surface area contributed by atoms with Crippen LogP contribution >= 0.6 is 11.6 Å². The molecule has 1 aromatic heterocycles. The molecule has 1 unspecified atom stereocenters. The van der Waals surface area contributed by atoms with Gasteiger partial charge in [-0.2, -0.15) is 0 Å². The molecule has 0 radical (unpaired) electrons. The van der Waals surface area contributed by atoms with Crippen LogP contribution < -0.4 is 0 Å². The van der Waals surface area contributed by atoms with Crippen molar-refractivity contribution in [3.63, 3.8) is 0 Å². The first kappa shape index (κ1) is 16.0. The molecule has 1 aromatic rings. The minimum atomic E-state index is -0.454. The van der Waals surface area contributed by atoms with Crippen LogP contribution in [0.15, 0.2) is 12.4 Å². The Morgan fingerprint density at radius 3 is 2.90 bits per heavy atom. The van der Waals surface area contributed by atoms with Crippen molar-refractivity contribution in [1.29, 1.82) is 0 Å². The predicted molar refractivity (Wildman–Crippen MR) is 81.3 cm³/mol. The summed E-state index contributed by atoms with van der Waals surface area (Å²) in [4.78, 5) is 22.1. The number of halogens is 1. The minimum Gasteiger partial charge on any atom is -0.444 e. The van der Waals surface area contributed by atoms with Crippen LogP contribution in [-0.4, -0.2) is 39.1 Å². The molecule has 2 heterocycles. The molecule has 6 heteroatoms. The van der Waals surface area contributed by atoms with Crippen LogP contribution in [0.2, 0.25) is 5.15 Å². The van der Waals surface area contributed by atoms with Crippen LogP contribution in [0.4, 0.5) is 4.79 Å². The monoisotopic (exact) mass is 311 g/mol. The second-order valence-corrected chi connectivity index (χ2v) is 6.73. The Labute approximate surface area is 130 Å². The van der Waals surface area contributed by atoms with Crippen LogP contribution in [0.5, 0.6) is 0 Å². The third kappa shape index (κ3) is 4.84. The van der Waals surface area contributed by atoms with Crippen molar-refractivity contribution in [3.05, 3.63) is 23.2 Å². The Morgan fingerprint density at radius 1 is 1.48 bits per heavy atom. The van der Waals surface area contributed by atoms with Crippen molar-refractivity contribution in [1.82, 2.24) is 14.9 Å². The lowest BCUT2D eigenvalue weighted by atomic mass is 10.1. The fraction of sp³-hybridized carbons (Fsp3) is 0.667. The quantitative estimate of drug-likeness (QED) is 0.802. The first-order valence-corrected chi connectivity index (χ1v) is 7.69. The molecule has 0 aliphatic carbocycles. The van der Waals surface area contributed by atoms with Gasteiger partial charge in [0.2, 0.25) is 0 Å². The average Bonchev–Trinajstić information content (AvgIpc) is 2.83. The average molecular weight is 312 g/mol. The lowest BCUT2D eigenvalue weighted by Gasteiger charge is -2.28. The zero-order valence-electron chi connectivity index (χ0n) is 12.8. The fourth-order valence-corrected chi connectivity index (χ4v) is 2.69. The van der Waals surface area contributed by atoms with Crippen LogP contribution in [0.1, 0.15) is 45.7 Å². The van der Waals surface area contributed by atoms with E-state index in [0.717, 1.165) is 37.9 Å². The van der Waals surface area contributed by atoms with Gasteiger partial charge in [0, 0.05) is 18.3 Å². The SMILES string of the molecule is CC(C)(C)OC(=O)N1CCCC1CCc1cc(Cl)ncn1. The zero-order chi connectivity index (χ0) is 15.5. The number of carbonyl (C=O) groups is 1. The van der Waals surface area contributed by atoms with E-state index in [2.05, 4.69) is 9.97 Å². The number of ether oxygens (including phenoxy) is 1. The standard InChI is InChI=1S/C15H22ClN3O2/c1-15(2,3)21-14(20)19-8-4-5-12(19)7-6-11-9-13(16)18-10-17-11/h9-10,12H,4-8H2,1-3H3. The van der Waals surface area contributed by atoms with Crippen LogP contribution in [0.25, 0.3) is 0 Å². The summed E-state index contributed by atoms with van der Waals surface area (Å²) in [7, 11) is 0. The van der Waals surface area contributed by atoms with Crippen LogP contribution in [0.3, 0.4) is 0 Å². The third-order valence-electron chi connectivity index (χ3n) is 3.43. The molecule has 21 heavy (non-hydrogen) atoms. The molecule has 1 amide bonds. The molecule has 0 bridgehead atoms. The van der Waals surface area contributed by atoms with Crippen molar-refractivity contribution in [3.8, 4) is 0 Å². The minimum absolute atomic E-state index is 0.216. The topological polar surface area (TPSA) is 55.3 Å². The number of aryl methyl sites for hydroxylation is 1. The van der Waals surface area contributed by atoms with Gasteiger partial charge >= 0.3 is 6.09 Å². The van der Waals surface area contributed by atoms with Gasteiger partial charge in [-0.1, -0.05) is 11.6 Å². The number of aromatic nitrogens is 2. The summed E-state index contributed by atoms with van der Waals surface area (Å²) >= 11 is 5.86. The van der Waals surface area contributed by atoms with Gasteiger partial charge in [-0.15, -0.1) is 0 Å². The van der Waals surface area contributed by atoms with Crippen LogP contribution in [0, 0.1) is 0 Å². The molecule has 1 fully saturated rings. The van der Waals surface area contributed by atoms with Gasteiger partial charge < -0.3 is 9.64 Å². The maximum Gasteiger partial charge on any atom is 0.410 e. The molecule has 1 aliphatic rings. The lowest BCUT2D eigenvalue weighted by Crippen LogP contribution is -2.40. The van der Waals surface area contributed by atoms with E-state index in [1.54, 1.807) is 6.07 Å². The fourth-order valence-electron chi connectivity index (χ4n) is 2.52. The van der Waals surface area contributed by atoms with Gasteiger partial charge in [0.25, 0.3) is 0 Å². The van der Waals surface area contributed by atoms with E-state index in [1.807, 2.05) is 25.7 Å². The molecule has 0 spiro atoms. The molecule has 0 N–H and O–H groups in total. The van der Waals surface area contributed by atoms with E-state index in [-0.39, 0.29) is 12.1 Å². The summed E-state index contributed by atoms with van der Waals surface area (Å²) in [6.45, 7) is 6.43. The van der Waals surface area contributed by atoms with E-state index in [9.17, 15) is 4.79 Å². The molecule has 0 saturated carbocycles. The summed E-state index contributed by atoms with van der Waals surface area (Å²) in [5, 5.41) is 0.454. The highest BCUT2D eigenvalue weighted by Crippen LogP contribution is 2.24. The number of carbonyl (C=O) groups excluding carboxylic acids is 1. The maximum atomic E-state index is 12.2. The molecule has 116 valence electrons. The Morgan fingerprint density at radius 2 is 2.24 bits per heavy atom. The molecular weight excluding hydrogens is 290 g/mol. The van der Waals surface area contributed by atoms with E-state index in [1.165, 1.54) is 6.33 Å². The molecule has 1 aliphatic heterocycles. The Bertz CT molecular complexity index is 502. The van der Waals surface area contributed by atoms with E-state index >= 15 is 0 Å². The highest BCUT2D eigenvalue weighted by atomic mass is 35.5. The smallest absolute Gasteiger partial charge is 0.410 e. The lowest BCUT2D eigenvalue weighted by molar-refractivity contribution is 0.0220. The number of likely N-dealkylation sites (tertiary alicyclic amines) is 1. The highest BCUT2D eigenvalue weighted by Gasteiger charge is 2.31. The third-order valence-corrected chi connectivity index (χ3v) is 3.64. The van der Waals surface area contributed by atoms with Gasteiger partial charge in [0.15, 0.2) is 0 Å². The molecule has 5 nitrogen and oxygen atoms in total. The van der Waals surface area contributed by atoms with Gasteiger partial charge in [-0.25, -0.2) is 14.8 Å². The molecular formula is C15H22ClN3O2. The number of hydrogen-bond donors (Lipinski definition) is 0. The summed E-state index contributed by atoms with van der Waals surface area (Å²) < 4.78 is 5.46. The van der Waals surface area contributed by atoms with Gasteiger partial charge in [0.05, 0.1) is 0 Å². The number of hydrogen-bond acceptors (Lipinski definition) is 4. The molecule has 0 aromatic carbocycles. The Hall–Kier alpha value is -1.36. The van der Waals surface area contributed by atoms with Crippen molar-refractivity contribution in [2.45, 2.75) is 58.1 Å². The summed E-state index contributed by atoms with van der Waals surface area (Å²) in [5.74, 6) is 0. The highest BCUT2D eigenvalue weighted by molar-refractivity contribution is 6.29. The van der Waals surface area contributed by atoms with Crippen molar-refractivity contribution in [2.75, 3.05) is 6.54 Å². The Balaban J connectivity index is 1.91. The van der Waals surface area contributed by atoms with Gasteiger partial charge in [0.1, 0.15) is 17.1 Å². The first-order chi connectivity index (χ1) is 9.85. The normalized spacial score (nSPS) is 18.9. The van der Waals surface area contributed by atoms with Crippen LogP contribution in [-0.2, 0) is 11.2 Å². The van der Waals surface area contributed by atoms with Crippen molar-refractivity contribution >= 4 is 17.7 Å². The number of amides is 1. The van der Waals surface area contributed by atoms with E-state index in [4.69, 9.17) is 16.3 Å². The largest absolute Gasteiger partial charge is 0.444 e. The second kappa shape index (κ2) is 6.60. The van der Waals surface area contributed by atoms with E-state index < -0.39 is 5.60 Å². The molecule has 2 rings (SSSR count). The zero-order valence-corrected chi connectivity index (χ0v) is 13.6. The number of nitrogens with zero attached hydrogens (tertiary/aromatic N) is 3. The first-order valence-electron chi connectivity index (χ1n) is 7.31. The summed E-state index contributed by atoms with van der Waals surface area (Å²) in [6.07, 6.45) is 4.94.